The maximum absolute atomic E-state index is 13.0. The molecule has 1 N–H and O–H groups in total. The largest absolute Gasteiger partial charge is 0.336 e. The SMILES string of the molecule is O=C(c1cccc(Cl)c1)N1CCN(S(=O)(=O)c2ccc3[nH]c(=O)sc3c2)CC1. The van der Waals surface area contributed by atoms with Crippen LogP contribution in [0.5, 0.6) is 0 Å². The van der Waals surface area contributed by atoms with Crippen molar-refractivity contribution in [3.63, 3.8) is 0 Å². The van der Waals surface area contributed by atoms with Gasteiger partial charge in [-0.2, -0.15) is 4.31 Å². The Hall–Kier alpha value is -2.20. The van der Waals surface area contributed by atoms with Gasteiger partial charge in [-0.1, -0.05) is 29.0 Å². The molecule has 2 heterocycles. The number of sulfonamides is 1. The molecule has 10 heteroatoms. The maximum Gasteiger partial charge on any atom is 0.305 e. The van der Waals surface area contributed by atoms with Crippen LogP contribution in [0.4, 0.5) is 0 Å². The molecule has 2 aromatic carbocycles. The summed E-state index contributed by atoms with van der Waals surface area (Å²) in [5.74, 6) is -0.168. The lowest BCUT2D eigenvalue weighted by molar-refractivity contribution is 0.0698. The van der Waals surface area contributed by atoms with Crippen LogP contribution in [0.2, 0.25) is 5.02 Å². The van der Waals surface area contributed by atoms with E-state index in [9.17, 15) is 18.0 Å². The lowest BCUT2D eigenvalue weighted by Crippen LogP contribution is -2.50. The Morgan fingerprint density at radius 3 is 2.54 bits per heavy atom. The average molecular weight is 438 g/mol. The highest BCUT2D eigenvalue weighted by molar-refractivity contribution is 7.89. The highest BCUT2D eigenvalue weighted by Crippen LogP contribution is 2.23. The summed E-state index contributed by atoms with van der Waals surface area (Å²) in [6.07, 6.45) is 0. The number of aromatic amines is 1. The molecule has 1 aromatic heterocycles. The minimum atomic E-state index is -3.70. The summed E-state index contributed by atoms with van der Waals surface area (Å²) < 4.78 is 27.9. The van der Waals surface area contributed by atoms with Crippen LogP contribution in [-0.4, -0.2) is 54.7 Å². The molecule has 0 saturated carbocycles. The fourth-order valence-electron chi connectivity index (χ4n) is 3.17. The highest BCUT2D eigenvalue weighted by atomic mass is 35.5. The number of hydrogen-bond donors (Lipinski definition) is 1. The van der Waals surface area contributed by atoms with Gasteiger partial charge in [0.05, 0.1) is 15.1 Å². The molecular formula is C18H16ClN3O4S2. The number of fused-ring (bicyclic) bond motifs is 1. The van der Waals surface area contributed by atoms with Gasteiger partial charge in [0.1, 0.15) is 0 Å². The molecule has 1 amide bonds. The maximum atomic E-state index is 13.0. The Balaban J connectivity index is 1.50. The van der Waals surface area contributed by atoms with Crippen molar-refractivity contribution in [2.75, 3.05) is 26.2 Å². The summed E-state index contributed by atoms with van der Waals surface area (Å²) in [5.41, 5.74) is 1.10. The van der Waals surface area contributed by atoms with Gasteiger partial charge in [-0.25, -0.2) is 8.42 Å². The second kappa shape index (κ2) is 7.32. The van der Waals surface area contributed by atoms with E-state index in [1.165, 1.54) is 16.4 Å². The second-order valence-corrected chi connectivity index (χ2v) is 9.77. The van der Waals surface area contributed by atoms with Crippen LogP contribution in [-0.2, 0) is 10.0 Å². The van der Waals surface area contributed by atoms with Crippen LogP contribution < -0.4 is 4.87 Å². The molecular weight excluding hydrogens is 422 g/mol. The van der Waals surface area contributed by atoms with E-state index in [1.54, 1.807) is 35.2 Å². The van der Waals surface area contributed by atoms with Crippen LogP contribution in [0.25, 0.3) is 10.2 Å². The average Bonchev–Trinajstić information content (AvgIpc) is 3.06. The number of amides is 1. The summed E-state index contributed by atoms with van der Waals surface area (Å²) >= 11 is 6.92. The number of piperazine rings is 1. The molecule has 0 atom stereocenters. The van der Waals surface area contributed by atoms with Crippen LogP contribution in [0.15, 0.2) is 52.2 Å². The number of hydrogen-bond acceptors (Lipinski definition) is 5. The number of halogens is 1. The molecule has 0 bridgehead atoms. The molecule has 0 unspecified atom stereocenters. The van der Waals surface area contributed by atoms with Gasteiger partial charge in [-0.05, 0) is 36.4 Å². The summed E-state index contributed by atoms with van der Waals surface area (Å²) in [4.78, 5) is 28.2. The number of benzene rings is 2. The summed E-state index contributed by atoms with van der Waals surface area (Å²) in [6, 6.07) is 11.3. The van der Waals surface area contributed by atoms with Gasteiger partial charge in [0.15, 0.2) is 0 Å². The Morgan fingerprint density at radius 1 is 1.07 bits per heavy atom. The molecule has 4 rings (SSSR count). The van der Waals surface area contributed by atoms with E-state index < -0.39 is 10.0 Å². The molecule has 1 saturated heterocycles. The summed E-state index contributed by atoms with van der Waals surface area (Å²) in [5, 5.41) is 0.481. The zero-order valence-corrected chi connectivity index (χ0v) is 17.0. The fraction of sp³-hybridized carbons (Fsp3) is 0.222. The first-order valence-electron chi connectivity index (χ1n) is 8.52. The molecule has 1 aliphatic rings. The lowest BCUT2D eigenvalue weighted by atomic mass is 10.2. The number of nitrogens with one attached hydrogen (secondary N) is 1. The molecule has 1 fully saturated rings. The van der Waals surface area contributed by atoms with Gasteiger partial charge in [0.25, 0.3) is 5.91 Å². The third-order valence-electron chi connectivity index (χ3n) is 4.63. The molecule has 7 nitrogen and oxygen atoms in total. The number of H-pyrrole nitrogens is 1. The van der Waals surface area contributed by atoms with E-state index in [4.69, 9.17) is 11.6 Å². The number of thiazole rings is 1. The summed E-state index contributed by atoms with van der Waals surface area (Å²) in [6.45, 7) is 1.00. The zero-order chi connectivity index (χ0) is 19.9. The van der Waals surface area contributed by atoms with Gasteiger partial charge in [-0.3, -0.25) is 9.59 Å². The second-order valence-electron chi connectivity index (χ2n) is 6.38. The number of carbonyl (C=O) groups excluding carboxylic acids is 1. The molecule has 146 valence electrons. The Kier molecular flexibility index (Phi) is 5.00. The first-order chi connectivity index (χ1) is 13.3. The number of rotatable bonds is 3. The molecule has 0 spiro atoms. The third-order valence-corrected chi connectivity index (χ3v) is 7.60. The predicted molar refractivity (Wildman–Crippen MR) is 109 cm³/mol. The lowest BCUT2D eigenvalue weighted by Gasteiger charge is -2.34. The molecule has 0 radical (unpaired) electrons. The van der Waals surface area contributed by atoms with Gasteiger partial charge >= 0.3 is 4.87 Å². The van der Waals surface area contributed by atoms with Crippen molar-refractivity contribution in [1.29, 1.82) is 0 Å². The van der Waals surface area contributed by atoms with Crippen LogP contribution in [0.1, 0.15) is 10.4 Å². The van der Waals surface area contributed by atoms with Crippen LogP contribution in [0, 0.1) is 0 Å². The smallest absolute Gasteiger partial charge is 0.305 e. The quantitative estimate of drug-likeness (QED) is 0.681. The molecule has 3 aromatic rings. The summed E-state index contributed by atoms with van der Waals surface area (Å²) in [7, 11) is -3.70. The van der Waals surface area contributed by atoms with E-state index in [0.717, 1.165) is 11.3 Å². The molecule has 28 heavy (non-hydrogen) atoms. The third kappa shape index (κ3) is 3.58. The Labute approximate surface area is 170 Å². The van der Waals surface area contributed by atoms with E-state index >= 15 is 0 Å². The number of aromatic nitrogens is 1. The normalized spacial score (nSPS) is 15.8. The van der Waals surface area contributed by atoms with Crippen molar-refractivity contribution in [1.82, 2.24) is 14.2 Å². The van der Waals surface area contributed by atoms with E-state index in [-0.39, 0.29) is 28.8 Å². The van der Waals surface area contributed by atoms with Crippen LogP contribution >= 0.6 is 22.9 Å². The highest BCUT2D eigenvalue weighted by Gasteiger charge is 2.30. The monoisotopic (exact) mass is 437 g/mol. The van der Waals surface area contributed by atoms with Crippen molar-refractivity contribution < 1.29 is 13.2 Å². The van der Waals surface area contributed by atoms with Gasteiger partial charge in [-0.15, -0.1) is 0 Å². The van der Waals surface area contributed by atoms with Gasteiger partial charge in [0.2, 0.25) is 10.0 Å². The Bertz CT molecular complexity index is 1210. The van der Waals surface area contributed by atoms with Crippen molar-refractivity contribution in [3.05, 3.63) is 62.7 Å². The van der Waals surface area contributed by atoms with Crippen molar-refractivity contribution in [2.24, 2.45) is 0 Å². The minimum absolute atomic E-state index is 0.143. The van der Waals surface area contributed by atoms with Gasteiger partial charge < -0.3 is 9.88 Å². The molecule has 1 aliphatic heterocycles. The first kappa shape index (κ1) is 19.1. The topological polar surface area (TPSA) is 90.6 Å². The predicted octanol–water partition coefficient (Wildman–Crippen LogP) is 2.39. The van der Waals surface area contributed by atoms with Crippen molar-refractivity contribution in [3.8, 4) is 0 Å². The number of nitrogens with zero attached hydrogens (tertiary/aromatic N) is 2. The van der Waals surface area contributed by atoms with Crippen molar-refractivity contribution in [2.45, 2.75) is 4.90 Å². The Morgan fingerprint density at radius 2 is 1.82 bits per heavy atom. The zero-order valence-electron chi connectivity index (χ0n) is 14.6. The number of carbonyl (C=O) groups is 1. The molecule has 0 aliphatic carbocycles. The standard InChI is InChI=1S/C18H16ClN3O4S2/c19-13-3-1-2-12(10-13)17(23)21-6-8-22(9-7-21)28(25,26)14-4-5-15-16(11-14)27-18(24)20-15/h1-5,10-11H,6-9H2,(H,20,24). The van der Waals surface area contributed by atoms with E-state index in [1.807, 2.05) is 0 Å². The van der Waals surface area contributed by atoms with E-state index in [0.29, 0.717) is 33.9 Å². The van der Waals surface area contributed by atoms with E-state index in [2.05, 4.69) is 4.98 Å². The van der Waals surface area contributed by atoms with Crippen molar-refractivity contribution >= 4 is 49.1 Å². The minimum Gasteiger partial charge on any atom is -0.336 e. The fourth-order valence-corrected chi connectivity index (χ4v) is 5.66. The van der Waals surface area contributed by atoms with Crippen LogP contribution in [0.3, 0.4) is 0 Å². The first-order valence-corrected chi connectivity index (χ1v) is 11.2. The van der Waals surface area contributed by atoms with Gasteiger partial charge in [0, 0.05) is 36.8 Å².